The van der Waals surface area contributed by atoms with Gasteiger partial charge >= 0.3 is 0 Å². The molecule has 2 rings (SSSR count). The lowest BCUT2D eigenvalue weighted by atomic mass is 10.1. The molecule has 0 aliphatic heterocycles. The first-order valence-corrected chi connectivity index (χ1v) is 10.2. The first kappa shape index (κ1) is 22.8. The van der Waals surface area contributed by atoms with E-state index >= 15 is 0 Å². The fraction of sp³-hybridized carbons (Fsp3) is 0.391. The van der Waals surface area contributed by atoms with Gasteiger partial charge in [-0.3, -0.25) is 9.59 Å². The van der Waals surface area contributed by atoms with Crippen LogP contribution in [0, 0.1) is 0 Å². The summed E-state index contributed by atoms with van der Waals surface area (Å²) in [4.78, 5) is 27.6. The molecule has 0 heterocycles. The monoisotopic (exact) mass is 416 g/mol. The van der Waals surface area contributed by atoms with E-state index in [2.05, 4.69) is 5.32 Å². The molecule has 1 atom stereocenters. The van der Waals surface area contributed by atoms with Gasteiger partial charge in [-0.15, -0.1) is 0 Å². The molecule has 5 nitrogen and oxygen atoms in total. The lowest BCUT2D eigenvalue weighted by molar-refractivity contribution is -0.141. The van der Waals surface area contributed by atoms with Crippen LogP contribution in [0.2, 0.25) is 5.02 Å². The van der Waals surface area contributed by atoms with Gasteiger partial charge in [0, 0.05) is 17.6 Å². The predicted octanol–water partition coefficient (Wildman–Crippen LogP) is 4.22. The van der Waals surface area contributed by atoms with Crippen molar-refractivity contribution in [1.29, 1.82) is 0 Å². The van der Waals surface area contributed by atoms with Crippen LogP contribution in [0.25, 0.3) is 0 Å². The fourth-order valence-electron chi connectivity index (χ4n) is 3.11. The van der Waals surface area contributed by atoms with E-state index in [9.17, 15) is 9.59 Å². The second kappa shape index (κ2) is 10.9. The Bertz CT molecular complexity index is 804. The number of amides is 2. The Morgan fingerprint density at radius 2 is 1.62 bits per heavy atom. The molecule has 1 N–H and O–H groups in total. The molecule has 0 radical (unpaired) electrons. The average molecular weight is 417 g/mol. The quantitative estimate of drug-likeness (QED) is 0.665. The molecule has 2 aromatic carbocycles. The molecule has 156 valence electrons. The first-order chi connectivity index (χ1) is 13.8. The van der Waals surface area contributed by atoms with Crippen molar-refractivity contribution in [3.05, 3.63) is 64.7 Å². The molecule has 0 aromatic heterocycles. The smallest absolute Gasteiger partial charge is 0.243 e. The van der Waals surface area contributed by atoms with Crippen molar-refractivity contribution in [1.82, 2.24) is 10.2 Å². The Labute approximate surface area is 178 Å². The van der Waals surface area contributed by atoms with Crippen LogP contribution >= 0.6 is 11.6 Å². The third kappa shape index (κ3) is 6.79. The maximum Gasteiger partial charge on any atom is 0.243 e. The minimum Gasteiger partial charge on any atom is -0.497 e. The highest BCUT2D eigenvalue weighted by Gasteiger charge is 2.29. The van der Waals surface area contributed by atoms with Gasteiger partial charge in [-0.05, 0) is 55.7 Å². The van der Waals surface area contributed by atoms with Crippen molar-refractivity contribution >= 4 is 23.4 Å². The summed E-state index contributed by atoms with van der Waals surface area (Å²) < 4.78 is 5.18. The fourth-order valence-corrected chi connectivity index (χ4v) is 3.23. The van der Waals surface area contributed by atoms with Crippen molar-refractivity contribution < 1.29 is 14.3 Å². The molecule has 2 aromatic rings. The van der Waals surface area contributed by atoms with E-state index in [1.165, 1.54) is 0 Å². The Morgan fingerprint density at radius 3 is 2.14 bits per heavy atom. The number of hydrogen-bond donors (Lipinski definition) is 1. The molecule has 2 amide bonds. The van der Waals surface area contributed by atoms with E-state index in [-0.39, 0.29) is 24.3 Å². The van der Waals surface area contributed by atoms with E-state index in [0.717, 1.165) is 16.9 Å². The van der Waals surface area contributed by atoms with Gasteiger partial charge in [-0.1, -0.05) is 42.8 Å². The molecule has 29 heavy (non-hydrogen) atoms. The zero-order valence-electron chi connectivity index (χ0n) is 17.4. The Morgan fingerprint density at radius 1 is 1.03 bits per heavy atom. The molecule has 0 aliphatic rings. The zero-order valence-corrected chi connectivity index (χ0v) is 18.2. The van der Waals surface area contributed by atoms with E-state index in [0.29, 0.717) is 18.0 Å². The number of ether oxygens (including phenoxy) is 1. The second-order valence-corrected chi connectivity index (χ2v) is 7.70. The number of hydrogen-bond acceptors (Lipinski definition) is 3. The van der Waals surface area contributed by atoms with Crippen LogP contribution < -0.4 is 10.1 Å². The van der Waals surface area contributed by atoms with Crippen LogP contribution in [-0.4, -0.2) is 35.9 Å². The van der Waals surface area contributed by atoms with Crippen LogP contribution in [0.4, 0.5) is 0 Å². The number of carbonyl (C=O) groups excluding carboxylic acids is 2. The highest BCUT2D eigenvalue weighted by molar-refractivity contribution is 6.30. The maximum atomic E-state index is 13.2. The van der Waals surface area contributed by atoms with Gasteiger partial charge in [0.15, 0.2) is 0 Å². The van der Waals surface area contributed by atoms with Crippen molar-refractivity contribution in [2.45, 2.75) is 52.2 Å². The van der Waals surface area contributed by atoms with Crippen molar-refractivity contribution in [3.63, 3.8) is 0 Å². The Kier molecular flexibility index (Phi) is 8.52. The van der Waals surface area contributed by atoms with Crippen molar-refractivity contribution in [2.75, 3.05) is 7.11 Å². The maximum absolute atomic E-state index is 13.2. The van der Waals surface area contributed by atoms with Gasteiger partial charge in [-0.2, -0.15) is 0 Å². The summed E-state index contributed by atoms with van der Waals surface area (Å²) in [5, 5.41) is 3.57. The molecule has 0 bridgehead atoms. The number of benzene rings is 2. The summed E-state index contributed by atoms with van der Waals surface area (Å²) >= 11 is 5.99. The first-order valence-electron chi connectivity index (χ1n) is 9.81. The van der Waals surface area contributed by atoms with Gasteiger partial charge < -0.3 is 15.0 Å². The highest BCUT2D eigenvalue weighted by atomic mass is 35.5. The lowest BCUT2D eigenvalue weighted by Gasteiger charge is -2.31. The number of halogens is 1. The van der Waals surface area contributed by atoms with Crippen LogP contribution in [0.15, 0.2) is 48.5 Å². The third-order valence-electron chi connectivity index (χ3n) is 4.60. The standard InChI is InChI=1S/C23H29ClN2O3/c1-5-21(23(28)25-16(2)3)26(15-18-6-10-19(24)11-7-18)22(27)14-17-8-12-20(29-4)13-9-17/h6-13,16,21H,5,14-15H2,1-4H3,(H,25,28)/t21-/m0/s1. The molecule has 0 fully saturated rings. The van der Waals surface area contributed by atoms with E-state index in [1.54, 1.807) is 24.1 Å². The van der Waals surface area contributed by atoms with Gasteiger partial charge in [0.25, 0.3) is 0 Å². The molecule has 6 heteroatoms. The molecule has 0 saturated heterocycles. The highest BCUT2D eigenvalue weighted by Crippen LogP contribution is 2.18. The summed E-state index contributed by atoms with van der Waals surface area (Å²) in [6, 6.07) is 14.2. The number of nitrogens with zero attached hydrogens (tertiary/aromatic N) is 1. The molecule has 0 saturated carbocycles. The van der Waals surface area contributed by atoms with Crippen molar-refractivity contribution in [2.24, 2.45) is 0 Å². The number of nitrogens with one attached hydrogen (secondary N) is 1. The van der Waals surface area contributed by atoms with Crippen molar-refractivity contribution in [3.8, 4) is 5.75 Å². The summed E-state index contributed by atoms with van der Waals surface area (Å²) in [5.74, 6) is 0.498. The summed E-state index contributed by atoms with van der Waals surface area (Å²) in [6.45, 7) is 6.08. The Balaban J connectivity index is 2.26. The molecular formula is C23H29ClN2O3. The number of methoxy groups -OCH3 is 1. The molecule has 0 aliphatic carbocycles. The van der Waals surface area contributed by atoms with E-state index < -0.39 is 6.04 Å². The van der Waals surface area contributed by atoms with Crippen LogP contribution in [0.1, 0.15) is 38.3 Å². The average Bonchev–Trinajstić information content (AvgIpc) is 2.69. The molecule has 0 unspecified atom stereocenters. The minimum atomic E-state index is -0.543. The summed E-state index contributed by atoms with van der Waals surface area (Å²) in [7, 11) is 1.60. The molecule has 0 spiro atoms. The van der Waals surface area contributed by atoms with Gasteiger partial charge in [0.1, 0.15) is 11.8 Å². The summed E-state index contributed by atoms with van der Waals surface area (Å²) in [5.41, 5.74) is 1.80. The Hall–Kier alpha value is -2.53. The predicted molar refractivity (Wildman–Crippen MR) is 116 cm³/mol. The number of carbonyl (C=O) groups is 2. The van der Waals surface area contributed by atoms with E-state index in [4.69, 9.17) is 16.3 Å². The second-order valence-electron chi connectivity index (χ2n) is 7.26. The normalized spacial score (nSPS) is 11.8. The van der Waals surface area contributed by atoms with Crippen LogP contribution in [0.3, 0.4) is 0 Å². The van der Waals surface area contributed by atoms with Crippen LogP contribution in [-0.2, 0) is 22.6 Å². The number of rotatable bonds is 9. The lowest BCUT2D eigenvalue weighted by Crippen LogP contribution is -2.50. The van der Waals surface area contributed by atoms with E-state index in [1.807, 2.05) is 57.2 Å². The SMILES string of the molecule is CC[C@@H](C(=O)NC(C)C)N(Cc1ccc(Cl)cc1)C(=O)Cc1ccc(OC)cc1. The minimum absolute atomic E-state index is 0.00521. The topological polar surface area (TPSA) is 58.6 Å². The van der Waals surface area contributed by atoms with Gasteiger partial charge in [-0.25, -0.2) is 0 Å². The zero-order chi connectivity index (χ0) is 21.4. The van der Waals surface area contributed by atoms with Gasteiger partial charge in [0.05, 0.1) is 13.5 Å². The largest absolute Gasteiger partial charge is 0.497 e. The summed E-state index contributed by atoms with van der Waals surface area (Å²) in [6.07, 6.45) is 0.740. The third-order valence-corrected chi connectivity index (χ3v) is 4.85. The molecular weight excluding hydrogens is 388 g/mol. The van der Waals surface area contributed by atoms with Crippen LogP contribution in [0.5, 0.6) is 5.75 Å². The van der Waals surface area contributed by atoms with Gasteiger partial charge in [0.2, 0.25) is 11.8 Å².